The molecule has 0 aliphatic carbocycles. The molecule has 23 heavy (non-hydrogen) atoms. The zero-order valence-electron chi connectivity index (χ0n) is 14.3. The molecule has 0 aromatic carbocycles. The van der Waals surface area contributed by atoms with Gasteiger partial charge in [0.05, 0.1) is 12.8 Å². The minimum Gasteiger partial charge on any atom is -0.476 e. The number of rotatable bonds is 6. The lowest BCUT2D eigenvalue weighted by molar-refractivity contribution is -0.142. The first kappa shape index (κ1) is 17.2. The highest BCUT2D eigenvalue weighted by Crippen LogP contribution is 2.26. The van der Waals surface area contributed by atoms with Crippen LogP contribution < -0.4 is 10.2 Å². The minimum atomic E-state index is -0.476. The molecule has 0 fully saturated rings. The van der Waals surface area contributed by atoms with E-state index in [2.05, 4.69) is 15.3 Å². The van der Waals surface area contributed by atoms with Crippen molar-refractivity contribution in [2.45, 2.75) is 13.0 Å². The van der Waals surface area contributed by atoms with E-state index >= 15 is 0 Å². The fourth-order valence-corrected chi connectivity index (χ4v) is 2.31. The molecule has 0 saturated carbocycles. The summed E-state index contributed by atoms with van der Waals surface area (Å²) < 4.78 is 10.4. The van der Waals surface area contributed by atoms with Crippen molar-refractivity contribution in [3.05, 3.63) is 29.5 Å². The van der Waals surface area contributed by atoms with Crippen LogP contribution in [0.5, 0.6) is 5.88 Å². The van der Waals surface area contributed by atoms with E-state index in [1.54, 1.807) is 11.2 Å². The standard InChI is InChI=1S/C16H24N4O3/c1-11-8-15(23-7-6-19(2)3)17-10-12(11)14-9-13(16(21)22-5)18-20(14)4/h8-10,13,18H,6-7H2,1-5H3. The highest BCUT2D eigenvalue weighted by molar-refractivity contribution is 5.83. The van der Waals surface area contributed by atoms with Gasteiger partial charge in [0.2, 0.25) is 5.88 Å². The molecule has 7 heteroatoms. The summed E-state index contributed by atoms with van der Waals surface area (Å²) in [4.78, 5) is 18.1. The zero-order chi connectivity index (χ0) is 17.0. The van der Waals surface area contributed by atoms with Crippen molar-refractivity contribution in [3.63, 3.8) is 0 Å². The second kappa shape index (κ2) is 7.43. The molecule has 0 bridgehead atoms. The molecule has 1 aromatic heterocycles. The molecular formula is C16H24N4O3. The second-order valence-corrected chi connectivity index (χ2v) is 5.73. The summed E-state index contributed by atoms with van der Waals surface area (Å²) in [6.07, 6.45) is 3.60. The van der Waals surface area contributed by atoms with Crippen LogP contribution in [-0.4, -0.2) is 68.3 Å². The molecule has 1 N–H and O–H groups in total. The predicted molar refractivity (Wildman–Crippen MR) is 87.7 cm³/mol. The topological polar surface area (TPSA) is 66.9 Å². The molecule has 2 rings (SSSR count). The van der Waals surface area contributed by atoms with E-state index in [0.29, 0.717) is 12.5 Å². The third-order valence-corrected chi connectivity index (χ3v) is 3.62. The Hall–Kier alpha value is -2.12. The minimum absolute atomic E-state index is 0.318. The van der Waals surface area contributed by atoms with Gasteiger partial charge in [-0.1, -0.05) is 0 Å². The Labute approximate surface area is 136 Å². The van der Waals surface area contributed by atoms with E-state index in [1.165, 1.54) is 7.11 Å². The van der Waals surface area contributed by atoms with Crippen molar-refractivity contribution in [1.82, 2.24) is 20.3 Å². The lowest BCUT2D eigenvalue weighted by Crippen LogP contribution is -2.39. The van der Waals surface area contributed by atoms with Gasteiger partial charge in [0.1, 0.15) is 12.6 Å². The number of ether oxygens (including phenoxy) is 2. The van der Waals surface area contributed by atoms with Crippen LogP contribution in [0.15, 0.2) is 18.3 Å². The molecule has 1 aliphatic heterocycles. The fraction of sp³-hybridized carbons (Fsp3) is 0.500. The number of nitrogens with zero attached hydrogens (tertiary/aromatic N) is 3. The van der Waals surface area contributed by atoms with Gasteiger partial charge in [-0.2, -0.15) is 0 Å². The molecule has 0 radical (unpaired) electrons. The number of aromatic nitrogens is 1. The molecule has 0 saturated heterocycles. The molecule has 0 spiro atoms. The second-order valence-electron chi connectivity index (χ2n) is 5.73. The quantitative estimate of drug-likeness (QED) is 0.773. The molecule has 0 amide bonds. The normalized spacial score (nSPS) is 17.4. The monoisotopic (exact) mass is 320 g/mol. The lowest BCUT2D eigenvalue weighted by Gasteiger charge is -2.19. The van der Waals surface area contributed by atoms with Crippen molar-refractivity contribution >= 4 is 11.7 Å². The van der Waals surface area contributed by atoms with E-state index in [1.807, 2.05) is 40.2 Å². The van der Waals surface area contributed by atoms with Gasteiger partial charge in [-0.05, 0) is 32.7 Å². The van der Waals surface area contributed by atoms with Gasteiger partial charge < -0.3 is 19.4 Å². The van der Waals surface area contributed by atoms with Crippen molar-refractivity contribution in [3.8, 4) is 5.88 Å². The maximum Gasteiger partial charge on any atom is 0.328 e. The number of likely N-dealkylation sites (N-methyl/N-ethyl adjacent to an activating group) is 1. The number of esters is 1. The summed E-state index contributed by atoms with van der Waals surface area (Å²) >= 11 is 0. The molecule has 2 heterocycles. The van der Waals surface area contributed by atoms with Gasteiger partial charge in [-0.15, -0.1) is 0 Å². The highest BCUT2D eigenvalue weighted by atomic mass is 16.5. The molecule has 1 aliphatic rings. The van der Waals surface area contributed by atoms with E-state index < -0.39 is 6.04 Å². The van der Waals surface area contributed by atoms with Crippen molar-refractivity contribution < 1.29 is 14.3 Å². The SMILES string of the molecule is COC(=O)C1C=C(c2cnc(OCCN(C)C)cc2C)N(C)N1. The number of nitrogens with one attached hydrogen (secondary N) is 1. The van der Waals surface area contributed by atoms with Crippen LogP contribution in [0.3, 0.4) is 0 Å². The smallest absolute Gasteiger partial charge is 0.328 e. The van der Waals surface area contributed by atoms with Gasteiger partial charge in [0.25, 0.3) is 0 Å². The van der Waals surface area contributed by atoms with Crippen LogP contribution in [0, 0.1) is 6.92 Å². The first-order valence-electron chi connectivity index (χ1n) is 7.46. The van der Waals surface area contributed by atoms with Crippen molar-refractivity contribution in [1.29, 1.82) is 0 Å². The van der Waals surface area contributed by atoms with E-state index in [0.717, 1.165) is 23.4 Å². The maximum atomic E-state index is 11.7. The Morgan fingerprint density at radius 3 is 2.83 bits per heavy atom. The maximum absolute atomic E-state index is 11.7. The third kappa shape index (κ3) is 4.20. The largest absolute Gasteiger partial charge is 0.476 e. The van der Waals surface area contributed by atoms with Crippen LogP contribution in [0.4, 0.5) is 0 Å². The van der Waals surface area contributed by atoms with Gasteiger partial charge in [-0.25, -0.2) is 15.2 Å². The molecule has 7 nitrogen and oxygen atoms in total. The average Bonchev–Trinajstić information content (AvgIpc) is 2.88. The number of carbonyl (C=O) groups excluding carboxylic acids is 1. The van der Waals surface area contributed by atoms with Gasteiger partial charge in [-0.3, -0.25) is 0 Å². The molecule has 1 atom stereocenters. The Bertz CT molecular complexity index is 601. The van der Waals surface area contributed by atoms with Crippen LogP contribution in [0.1, 0.15) is 11.1 Å². The van der Waals surface area contributed by atoms with Crippen LogP contribution >= 0.6 is 0 Å². The first-order chi connectivity index (χ1) is 10.9. The number of methoxy groups -OCH3 is 1. The Morgan fingerprint density at radius 1 is 1.48 bits per heavy atom. The number of carbonyl (C=O) groups is 1. The van der Waals surface area contributed by atoms with Gasteiger partial charge in [0.15, 0.2) is 0 Å². The highest BCUT2D eigenvalue weighted by Gasteiger charge is 2.28. The van der Waals surface area contributed by atoms with Gasteiger partial charge >= 0.3 is 5.97 Å². The summed E-state index contributed by atoms with van der Waals surface area (Å²) in [7, 11) is 7.23. The van der Waals surface area contributed by atoms with E-state index in [-0.39, 0.29) is 5.97 Å². The molecule has 1 aromatic rings. The fourth-order valence-electron chi connectivity index (χ4n) is 2.31. The van der Waals surface area contributed by atoms with Crippen molar-refractivity contribution in [2.75, 3.05) is 41.4 Å². The number of hydrogen-bond donors (Lipinski definition) is 1. The summed E-state index contributed by atoms with van der Waals surface area (Å²) in [5.74, 6) is 0.285. The summed E-state index contributed by atoms with van der Waals surface area (Å²) in [5, 5.41) is 1.80. The summed E-state index contributed by atoms with van der Waals surface area (Å²) in [6, 6.07) is 1.43. The summed E-state index contributed by atoms with van der Waals surface area (Å²) in [6.45, 7) is 3.42. The first-order valence-corrected chi connectivity index (χ1v) is 7.46. The van der Waals surface area contributed by atoms with E-state index in [4.69, 9.17) is 9.47 Å². The third-order valence-electron chi connectivity index (χ3n) is 3.62. The van der Waals surface area contributed by atoms with Crippen molar-refractivity contribution in [2.24, 2.45) is 0 Å². The van der Waals surface area contributed by atoms with Crippen LogP contribution in [0.2, 0.25) is 0 Å². The Balaban J connectivity index is 2.12. The Morgan fingerprint density at radius 2 is 2.22 bits per heavy atom. The lowest BCUT2D eigenvalue weighted by atomic mass is 10.1. The van der Waals surface area contributed by atoms with Crippen LogP contribution in [-0.2, 0) is 9.53 Å². The van der Waals surface area contributed by atoms with Crippen LogP contribution in [0.25, 0.3) is 5.70 Å². The number of pyridine rings is 1. The molecule has 1 unspecified atom stereocenters. The molecular weight excluding hydrogens is 296 g/mol. The Kier molecular flexibility index (Phi) is 5.57. The number of aryl methyl sites for hydroxylation is 1. The average molecular weight is 320 g/mol. The summed E-state index contributed by atoms with van der Waals surface area (Å²) in [5.41, 5.74) is 5.92. The molecule has 126 valence electrons. The number of hydrogen-bond acceptors (Lipinski definition) is 7. The predicted octanol–water partition coefficient (Wildman–Crippen LogP) is 0.663. The van der Waals surface area contributed by atoms with Gasteiger partial charge in [0, 0.05) is 31.4 Å². The van der Waals surface area contributed by atoms with E-state index in [9.17, 15) is 4.79 Å². The zero-order valence-corrected chi connectivity index (χ0v) is 14.3. The number of hydrazine groups is 1.